The fourth-order valence-electron chi connectivity index (χ4n) is 8.01. The molecular formula is C50H31N5. The summed E-state index contributed by atoms with van der Waals surface area (Å²) in [5.41, 5.74) is 9.11. The van der Waals surface area contributed by atoms with E-state index in [1.807, 2.05) is 30.3 Å². The van der Waals surface area contributed by atoms with E-state index < -0.39 is 0 Å². The smallest absolute Gasteiger partial charge is 0.164 e. The van der Waals surface area contributed by atoms with Gasteiger partial charge < -0.3 is 4.57 Å². The summed E-state index contributed by atoms with van der Waals surface area (Å²) in [6.45, 7) is 0. The normalized spacial score (nSPS) is 11.6. The average molecular weight is 702 g/mol. The molecule has 5 nitrogen and oxygen atoms in total. The van der Waals surface area contributed by atoms with Gasteiger partial charge in [-0.1, -0.05) is 158 Å². The molecule has 11 aromatic rings. The Morgan fingerprint density at radius 1 is 0.345 bits per heavy atom. The zero-order valence-electron chi connectivity index (χ0n) is 29.6. The lowest BCUT2D eigenvalue weighted by Crippen LogP contribution is -2.00. The topological polar surface area (TPSA) is 56.5 Å². The number of fused-ring (bicyclic) bond motifs is 8. The van der Waals surface area contributed by atoms with Crippen LogP contribution in [0.15, 0.2) is 188 Å². The number of para-hydroxylation sites is 3. The summed E-state index contributed by atoms with van der Waals surface area (Å²) in [6, 6.07) is 65.6. The van der Waals surface area contributed by atoms with Crippen molar-refractivity contribution in [3.05, 3.63) is 188 Å². The van der Waals surface area contributed by atoms with Gasteiger partial charge in [0.05, 0.1) is 22.2 Å². The molecule has 0 aliphatic heterocycles. The van der Waals surface area contributed by atoms with Crippen molar-refractivity contribution in [2.24, 2.45) is 0 Å². The fourth-order valence-corrected chi connectivity index (χ4v) is 8.01. The van der Waals surface area contributed by atoms with Gasteiger partial charge in [0, 0.05) is 44.1 Å². The highest BCUT2D eigenvalue weighted by Gasteiger charge is 2.21. The van der Waals surface area contributed by atoms with Crippen LogP contribution in [0.3, 0.4) is 0 Å². The van der Waals surface area contributed by atoms with E-state index in [1.165, 1.54) is 21.5 Å². The van der Waals surface area contributed by atoms with E-state index in [-0.39, 0.29) is 0 Å². The van der Waals surface area contributed by atoms with Crippen LogP contribution >= 0.6 is 0 Å². The number of hydrogen-bond acceptors (Lipinski definition) is 4. The zero-order valence-corrected chi connectivity index (χ0v) is 29.6. The number of nitrogens with zero attached hydrogens (tertiary/aromatic N) is 5. The van der Waals surface area contributed by atoms with E-state index in [2.05, 4.69) is 162 Å². The van der Waals surface area contributed by atoms with E-state index >= 15 is 0 Å². The van der Waals surface area contributed by atoms with Crippen molar-refractivity contribution >= 4 is 54.3 Å². The summed E-state index contributed by atoms with van der Waals surface area (Å²) >= 11 is 0. The van der Waals surface area contributed by atoms with E-state index in [4.69, 9.17) is 19.9 Å². The first-order chi connectivity index (χ1) is 27.3. The molecule has 5 heteroatoms. The standard InChI is InChI=1S/C50H31N5/c1-3-14-35(15-4-1)48-52-49(54-50(53-48)37-30-25-33-24-23-32-13-7-8-18-39(32)42(33)31-37)36-28-26-34(27-29-36)46-45-41-20-10-12-22-44(41)55(38-16-5-2-6-17-38)47(45)40-19-9-11-21-43(40)51-46/h1-31H. The number of rotatable bonds is 5. The molecule has 11 rings (SSSR count). The minimum atomic E-state index is 0.616. The first-order valence-corrected chi connectivity index (χ1v) is 18.5. The largest absolute Gasteiger partial charge is 0.308 e. The lowest BCUT2D eigenvalue weighted by molar-refractivity contribution is 1.07. The summed E-state index contributed by atoms with van der Waals surface area (Å²) in [4.78, 5) is 20.5. The molecule has 0 saturated heterocycles. The second kappa shape index (κ2) is 12.6. The maximum atomic E-state index is 5.33. The minimum Gasteiger partial charge on any atom is -0.308 e. The van der Waals surface area contributed by atoms with Crippen LogP contribution < -0.4 is 0 Å². The molecule has 55 heavy (non-hydrogen) atoms. The lowest BCUT2D eigenvalue weighted by Gasteiger charge is -2.12. The van der Waals surface area contributed by atoms with Crippen molar-refractivity contribution in [1.82, 2.24) is 24.5 Å². The third-order valence-corrected chi connectivity index (χ3v) is 10.6. The minimum absolute atomic E-state index is 0.616. The zero-order chi connectivity index (χ0) is 36.3. The van der Waals surface area contributed by atoms with Crippen molar-refractivity contribution in [2.45, 2.75) is 0 Å². The molecular weight excluding hydrogens is 671 g/mol. The third kappa shape index (κ3) is 5.17. The second-order valence-corrected chi connectivity index (χ2v) is 13.9. The Hall–Kier alpha value is -7.50. The van der Waals surface area contributed by atoms with E-state index in [9.17, 15) is 0 Å². The summed E-state index contributed by atoms with van der Waals surface area (Å²) in [5, 5.41) is 8.17. The Kier molecular flexibility index (Phi) is 7.10. The van der Waals surface area contributed by atoms with Crippen molar-refractivity contribution in [1.29, 1.82) is 0 Å². The highest BCUT2D eigenvalue weighted by molar-refractivity contribution is 6.22. The number of benzene rings is 8. The summed E-state index contributed by atoms with van der Waals surface area (Å²) in [5.74, 6) is 1.88. The molecule has 0 fully saturated rings. The molecule has 0 N–H and O–H groups in total. The van der Waals surface area contributed by atoms with Gasteiger partial charge in [-0.2, -0.15) is 0 Å². The maximum absolute atomic E-state index is 5.33. The molecule has 0 bridgehead atoms. The molecule has 3 aromatic heterocycles. The van der Waals surface area contributed by atoms with Crippen LogP contribution in [0.1, 0.15) is 0 Å². The molecule has 3 heterocycles. The Morgan fingerprint density at radius 2 is 0.873 bits per heavy atom. The highest BCUT2D eigenvalue weighted by Crippen LogP contribution is 2.41. The SMILES string of the molecule is c1ccc(-c2nc(-c3ccc(-c4nc5ccccc5c5c4c4ccccc4n5-c4ccccc4)cc3)nc(-c3ccc4ccc5ccccc5c4c3)n2)cc1. The Labute approximate surface area is 316 Å². The van der Waals surface area contributed by atoms with Gasteiger partial charge in [-0.05, 0) is 51.9 Å². The van der Waals surface area contributed by atoms with Crippen molar-refractivity contribution in [3.8, 4) is 51.1 Å². The second-order valence-electron chi connectivity index (χ2n) is 13.9. The quantitative estimate of drug-likeness (QED) is 0.168. The molecule has 0 spiro atoms. The molecule has 0 amide bonds. The van der Waals surface area contributed by atoms with Gasteiger partial charge in [-0.15, -0.1) is 0 Å². The monoisotopic (exact) mass is 701 g/mol. The third-order valence-electron chi connectivity index (χ3n) is 10.6. The Morgan fingerprint density at radius 3 is 1.64 bits per heavy atom. The number of pyridine rings is 1. The molecule has 0 atom stereocenters. The van der Waals surface area contributed by atoms with Gasteiger partial charge in [0.15, 0.2) is 17.5 Å². The first-order valence-electron chi connectivity index (χ1n) is 18.5. The van der Waals surface area contributed by atoms with Crippen LogP contribution in [0.4, 0.5) is 0 Å². The van der Waals surface area contributed by atoms with Gasteiger partial charge in [-0.3, -0.25) is 0 Å². The van der Waals surface area contributed by atoms with Crippen LogP contribution in [-0.4, -0.2) is 24.5 Å². The summed E-state index contributed by atoms with van der Waals surface area (Å²) in [6.07, 6.45) is 0. The molecule has 0 radical (unpaired) electrons. The summed E-state index contributed by atoms with van der Waals surface area (Å²) < 4.78 is 2.37. The lowest BCUT2D eigenvalue weighted by atomic mass is 9.99. The Balaban J connectivity index is 1.09. The van der Waals surface area contributed by atoms with Crippen molar-refractivity contribution < 1.29 is 0 Å². The first kappa shape index (κ1) is 31.1. The fraction of sp³-hybridized carbons (Fsp3) is 0. The van der Waals surface area contributed by atoms with E-state index in [0.29, 0.717) is 17.5 Å². The van der Waals surface area contributed by atoms with Crippen LogP contribution in [0.2, 0.25) is 0 Å². The Bertz CT molecular complexity index is 3240. The van der Waals surface area contributed by atoms with Gasteiger partial charge >= 0.3 is 0 Å². The maximum Gasteiger partial charge on any atom is 0.164 e. The van der Waals surface area contributed by atoms with Gasteiger partial charge in [0.25, 0.3) is 0 Å². The highest BCUT2D eigenvalue weighted by atomic mass is 15.0. The van der Waals surface area contributed by atoms with Crippen molar-refractivity contribution in [2.75, 3.05) is 0 Å². The molecule has 0 aliphatic carbocycles. The summed E-state index contributed by atoms with van der Waals surface area (Å²) in [7, 11) is 0. The van der Waals surface area contributed by atoms with Gasteiger partial charge in [0.2, 0.25) is 0 Å². The average Bonchev–Trinajstić information content (AvgIpc) is 3.62. The van der Waals surface area contributed by atoms with Gasteiger partial charge in [0.1, 0.15) is 0 Å². The van der Waals surface area contributed by atoms with Crippen LogP contribution in [0.25, 0.3) is 105 Å². The molecule has 8 aromatic carbocycles. The van der Waals surface area contributed by atoms with Crippen LogP contribution in [0, 0.1) is 0 Å². The van der Waals surface area contributed by atoms with Gasteiger partial charge in [-0.25, -0.2) is 19.9 Å². The number of hydrogen-bond donors (Lipinski definition) is 0. The molecule has 0 unspecified atom stereocenters. The number of aromatic nitrogens is 5. The van der Waals surface area contributed by atoms with Crippen LogP contribution in [0.5, 0.6) is 0 Å². The van der Waals surface area contributed by atoms with E-state index in [1.54, 1.807) is 0 Å². The van der Waals surface area contributed by atoms with Crippen molar-refractivity contribution in [3.63, 3.8) is 0 Å². The van der Waals surface area contributed by atoms with Crippen LogP contribution in [-0.2, 0) is 0 Å². The molecule has 0 saturated carbocycles. The molecule has 0 aliphatic rings. The predicted molar refractivity (Wildman–Crippen MR) is 226 cm³/mol. The molecule has 256 valence electrons. The predicted octanol–water partition coefficient (Wildman–Crippen LogP) is 12.5. The van der Waals surface area contributed by atoms with E-state index in [0.717, 1.165) is 66.3 Å².